The Labute approximate surface area is 69.1 Å². The van der Waals surface area contributed by atoms with Gasteiger partial charge in [-0.25, -0.2) is 4.98 Å². The maximum Gasteiger partial charge on any atom is 0.138 e. The highest BCUT2D eigenvalue weighted by Crippen LogP contribution is 1.89. The highest BCUT2D eigenvalue weighted by atomic mass is 28.3. The second-order valence-corrected chi connectivity index (χ2v) is 4.71. The van der Waals surface area contributed by atoms with Gasteiger partial charge in [-0.2, -0.15) is 0 Å². The molecule has 0 N–H and O–H groups in total. The quantitative estimate of drug-likeness (QED) is 0.416. The SMILES string of the molecule is C[Si](C)C#Cc1ccccn1. The van der Waals surface area contributed by atoms with Crippen LogP contribution in [0, 0.1) is 11.5 Å². The monoisotopic (exact) mass is 160 g/mol. The summed E-state index contributed by atoms with van der Waals surface area (Å²) in [5.41, 5.74) is 4.02. The average molecular weight is 160 g/mol. The van der Waals surface area contributed by atoms with Gasteiger partial charge in [0.15, 0.2) is 0 Å². The Kier molecular flexibility index (Phi) is 2.88. The molecule has 0 aliphatic heterocycles. The van der Waals surface area contributed by atoms with E-state index in [1.54, 1.807) is 6.20 Å². The van der Waals surface area contributed by atoms with Crippen molar-refractivity contribution in [2.75, 3.05) is 0 Å². The van der Waals surface area contributed by atoms with Crippen LogP contribution >= 0.6 is 0 Å². The number of hydrogen-bond donors (Lipinski definition) is 0. The minimum atomic E-state index is -0.433. The van der Waals surface area contributed by atoms with Crippen molar-refractivity contribution in [2.45, 2.75) is 13.1 Å². The van der Waals surface area contributed by atoms with Gasteiger partial charge in [-0.1, -0.05) is 25.1 Å². The molecule has 1 aromatic heterocycles. The molecule has 0 spiro atoms. The third-order valence-corrected chi connectivity index (χ3v) is 1.73. The van der Waals surface area contributed by atoms with Crippen LogP contribution < -0.4 is 0 Å². The first-order valence-electron chi connectivity index (χ1n) is 3.52. The molecule has 0 aliphatic rings. The molecule has 0 saturated heterocycles. The second-order valence-electron chi connectivity index (χ2n) is 2.46. The minimum absolute atomic E-state index is 0.433. The lowest BCUT2D eigenvalue weighted by atomic mass is 10.4. The van der Waals surface area contributed by atoms with Crippen LogP contribution in [0.2, 0.25) is 13.1 Å². The number of rotatable bonds is 0. The topological polar surface area (TPSA) is 12.9 Å². The summed E-state index contributed by atoms with van der Waals surface area (Å²) in [4.78, 5) is 4.09. The van der Waals surface area contributed by atoms with Crippen molar-refractivity contribution >= 4 is 8.80 Å². The molecule has 0 aromatic carbocycles. The molecular formula is C9H10NSi. The molecule has 2 heteroatoms. The van der Waals surface area contributed by atoms with Crippen LogP contribution in [0.15, 0.2) is 24.4 Å². The first-order chi connectivity index (χ1) is 5.29. The van der Waals surface area contributed by atoms with Gasteiger partial charge in [-0.3, -0.25) is 0 Å². The second kappa shape index (κ2) is 3.94. The maximum absolute atomic E-state index is 4.09. The Hall–Kier alpha value is -1.07. The van der Waals surface area contributed by atoms with Gasteiger partial charge in [-0.15, -0.1) is 5.54 Å². The molecule has 1 heterocycles. The van der Waals surface area contributed by atoms with E-state index in [-0.39, 0.29) is 0 Å². The molecule has 0 bridgehead atoms. The molecule has 0 fully saturated rings. The van der Waals surface area contributed by atoms with E-state index in [1.807, 2.05) is 18.2 Å². The van der Waals surface area contributed by atoms with Crippen molar-refractivity contribution < 1.29 is 0 Å². The fourth-order valence-electron chi connectivity index (χ4n) is 0.626. The Morgan fingerprint density at radius 1 is 1.36 bits per heavy atom. The molecule has 0 atom stereocenters. The van der Waals surface area contributed by atoms with Crippen molar-refractivity contribution in [3.63, 3.8) is 0 Å². The van der Waals surface area contributed by atoms with E-state index in [9.17, 15) is 0 Å². The molecule has 0 amide bonds. The van der Waals surface area contributed by atoms with Crippen LogP contribution in [0.5, 0.6) is 0 Å². The third-order valence-electron chi connectivity index (χ3n) is 1.11. The number of hydrogen-bond acceptors (Lipinski definition) is 1. The van der Waals surface area contributed by atoms with E-state index >= 15 is 0 Å². The van der Waals surface area contributed by atoms with Crippen molar-refractivity contribution in [1.82, 2.24) is 4.98 Å². The fourth-order valence-corrected chi connectivity index (χ4v) is 1.00. The smallest absolute Gasteiger partial charge is 0.138 e. The molecule has 1 radical (unpaired) electrons. The van der Waals surface area contributed by atoms with Crippen LogP contribution in [0.1, 0.15) is 5.69 Å². The maximum atomic E-state index is 4.09. The Bertz CT molecular complexity index is 269. The van der Waals surface area contributed by atoms with Gasteiger partial charge in [-0.05, 0) is 12.1 Å². The summed E-state index contributed by atoms with van der Waals surface area (Å²) in [5.74, 6) is 3.03. The standard InChI is InChI=1S/C9H10NSi/c1-11(2)8-6-9-5-3-4-7-10-9/h3-5,7H,1-2H3. The predicted octanol–water partition coefficient (Wildman–Crippen LogP) is 1.73. The summed E-state index contributed by atoms with van der Waals surface area (Å²) in [5, 5.41) is 0. The van der Waals surface area contributed by atoms with Gasteiger partial charge >= 0.3 is 0 Å². The molecule has 0 unspecified atom stereocenters. The summed E-state index contributed by atoms with van der Waals surface area (Å²) in [6, 6.07) is 5.78. The first-order valence-corrected chi connectivity index (χ1v) is 6.02. The van der Waals surface area contributed by atoms with Crippen molar-refractivity contribution in [3.05, 3.63) is 30.1 Å². The van der Waals surface area contributed by atoms with Gasteiger partial charge in [0.2, 0.25) is 0 Å². The average Bonchev–Trinajstić information content (AvgIpc) is 2.03. The van der Waals surface area contributed by atoms with Crippen LogP contribution in [0.4, 0.5) is 0 Å². The zero-order chi connectivity index (χ0) is 8.10. The molecule has 0 aliphatic carbocycles. The summed E-state index contributed by atoms with van der Waals surface area (Å²) < 4.78 is 0. The van der Waals surface area contributed by atoms with Crippen LogP contribution in [-0.4, -0.2) is 13.8 Å². The summed E-state index contributed by atoms with van der Waals surface area (Å²) in [7, 11) is -0.433. The lowest BCUT2D eigenvalue weighted by Crippen LogP contribution is -1.93. The van der Waals surface area contributed by atoms with Crippen molar-refractivity contribution in [2.24, 2.45) is 0 Å². The molecule has 55 valence electrons. The minimum Gasteiger partial charge on any atom is -0.248 e. The zero-order valence-corrected chi connectivity index (χ0v) is 7.76. The molecule has 1 nitrogen and oxygen atoms in total. The van der Waals surface area contributed by atoms with Gasteiger partial charge in [0, 0.05) is 6.20 Å². The highest BCUT2D eigenvalue weighted by molar-refractivity contribution is 6.64. The normalized spacial score (nSPS) is 9.00. The van der Waals surface area contributed by atoms with Crippen LogP contribution in [0.25, 0.3) is 0 Å². The Morgan fingerprint density at radius 2 is 2.18 bits per heavy atom. The highest BCUT2D eigenvalue weighted by Gasteiger charge is 1.86. The van der Waals surface area contributed by atoms with Crippen molar-refractivity contribution in [3.8, 4) is 11.5 Å². The van der Waals surface area contributed by atoms with E-state index in [0.717, 1.165) is 5.69 Å². The van der Waals surface area contributed by atoms with Gasteiger partial charge in [0.1, 0.15) is 14.5 Å². The van der Waals surface area contributed by atoms with E-state index in [0.29, 0.717) is 0 Å². The Morgan fingerprint density at radius 3 is 2.73 bits per heavy atom. The van der Waals surface area contributed by atoms with E-state index in [2.05, 4.69) is 29.5 Å². The molecule has 11 heavy (non-hydrogen) atoms. The summed E-state index contributed by atoms with van der Waals surface area (Å²) in [6.45, 7) is 4.33. The lowest BCUT2D eigenvalue weighted by molar-refractivity contribution is 1.29. The molecular weight excluding hydrogens is 150 g/mol. The largest absolute Gasteiger partial charge is 0.248 e. The van der Waals surface area contributed by atoms with Crippen LogP contribution in [0.3, 0.4) is 0 Å². The molecule has 0 saturated carbocycles. The Balaban J connectivity index is 2.75. The summed E-state index contributed by atoms with van der Waals surface area (Å²) in [6.07, 6.45) is 1.77. The predicted molar refractivity (Wildman–Crippen MR) is 48.6 cm³/mol. The number of nitrogens with zero attached hydrogens (tertiary/aromatic N) is 1. The van der Waals surface area contributed by atoms with Crippen molar-refractivity contribution in [1.29, 1.82) is 0 Å². The molecule has 1 rings (SSSR count). The number of pyridine rings is 1. The van der Waals surface area contributed by atoms with E-state index < -0.39 is 8.80 Å². The lowest BCUT2D eigenvalue weighted by Gasteiger charge is -1.86. The third kappa shape index (κ3) is 3.01. The van der Waals surface area contributed by atoms with Gasteiger partial charge in [0.05, 0.1) is 0 Å². The number of aromatic nitrogens is 1. The summed E-state index contributed by atoms with van der Waals surface area (Å²) >= 11 is 0. The van der Waals surface area contributed by atoms with E-state index in [1.165, 1.54) is 0 Å². The van der Waals surface area contributed by atoms with Gasteiger partial charge < -0.3 is 0 Å². The first kappa shape index (κ1) is 8.03. The molecule has 1 aromatic rings. The van der Waals surface area contributed by atoms with Crippen LogP contribution in [-0.2, 0) is 0 Å². The van der Waals surface area contributed by atoms with Gasteiger partial charge in [0.25, 0.3) is 0 Å². The van der Waals surface area contributed by atoms with E-state index in [4.69, 9.17) is 0 Å². The fraction of sp³-hybridized carbons (Fsp3) is 0.222. The zero-order valence-electron chi connectivity index (χ0n) is 6.76.